The Labute approximate surface area is 108 Å². The number of nitrogens with one attached hydrogen (secondary N) is 1. The Bertz CT molecular complexity index is 525. The minimum atomic E-state index is -0.187. The van der Waals surface area contributed by atoms with Crippen LogP contribution in [0.25, 0.3) is 0 Å². The van der Waals surface area contributed by atoms with E-state index in [0.29, 0.717) is 22.8 Å². The number of amides is 1. The van der Waals surface area contributed by atoms with Crippen molar-refractivity contribution in [3.8, 4) is 0 Å². The van der Waals surface area contributed by atoms with Gasteiger partial charge in [0.25, 0.3) is 5.91 Å². The van der Waals surface area contributed by atoms with Crippen molar-refractivity contribution in [2.45, 2.75) is 6.54 Å². The summed E-state index contributed by atoms with van der Waals surface area (Å²) in [7, 11) is 0. The molecule has 0 atom stereocenters. The van der Waals surface area contributed by atoms with Crippen LogP contribution in [0.3, 0.4) is 0 Å². The van der Waals surface area contributed by atoms with Gasteiger partial charge in [0.05, 0.1) is 12.1 Å². The summed E-state index contributed by atoms with van der Waals surface area (Å²) in [6, 6.07) is 8.76. The van der Waals surface area contributed by atoms with Crippen LogP contribution >= 0.6 is 22.9 Å². The molecule has 3 nitrogen and oxygen atoms in total. The van der Waals surface area contributed by atoms with Crippen LogP contribution in [0, 0.1) is 0 Å². The highest BCUT2D eigenvalue weighted by Gasteiger charge is 2.09. The molecule has 3 N–H and O–H groups in total. The van der Waals surface area contributed by atoms with Gasteiger partial charge in [-0.1, -0.05) is 17.7 Å². The van der Waals surface area contributed by atoms with Gasteiger partial charge in [-0.3, -0.25) is 4.79 Å². The van der Waals surface area contributed by atoms with Crippen LogP contribution in [-0.4, -0.2) is 5.91 Å². The fourth-order valence-electron chi connectivity index (χ4n) is 1.42. The van der Waals surface area contributed by atoms with E-state index in [-0.39, 0.29) is 5.91 Å². The first-order valence-electron chi connectivity index (χ1n) is 5.02. The molecule has 0 unspecified atom stereocenters. The quantitative estimate of drug-likeness (QED) is 0.840. The van der Waals surface area contributed by atoms with Gasteiger partial charge in [-0.2, -0.15) is 0 Å². The highest BCUT2D eigenvalue weighted by Crippen LogP contribution is 2.18. The monoisotopic (exact) mass is 266 g/mol. The fraction of sp³-hybridized carbons (Fsp3) is 0.0833. The Morgan fingerprint density at radius 2 is 2.24 bits per heavy atom. The highest BCUT2D eigenvalue weighted by atomic mass is 35.5. The van der Waals surface area contributed by atoms with Gasteiger partial charge < -0.3 is 11.1 Å². The standard InChI is InChI=1S/C12H11ClN2OS/c13-8-3-4-10(11(14)6-8)12(16)15-7-9-2-1-5-17-9/h1-6H,7,14H2,(H,15,16). The zero-order valence-corrected chi connectivity index (χ0v) is 10.5. The van der Waals surface area contributed by atoms with Gasteiger partial charge in [0.1, 0.15) is 0 Å². The highest BCUT2D eigenvalue weighted by molar-refractivity contribution is 7.09. The first-order chi connectivity index (χ1) is 8.16. The summed E-state index contributed by atoms with van der Waals surface area (Å²) in [4.78, 5) is 12.9. The van der Waals surface area contributed by atoms with Crippen LogP contribution in [0.5, 0.6) is 0 Å². The summed E-state index contributed by atoms with van der Waals surface area (Å²) in [5, 5.41) is 5.31. The Balaban J connectivity index is 2.04. The van der Waals surface area contributed by atoms with Crippen LogP contribution in [0.4, 0.5) is 5.69 Å². The molecule has 88 valence electrons. The van der Waals surface area contributed by atoms with Crippen molar-refractivity contribution >= 4 is 34.5 Å². The molecular weight excluding hydrogens is 256 g/mol. The van der Waals surface area contributed by atoms with Gasteiger partial charge in [-0.25, -0.2) is 0 Å². The molecule has 0 aliphatic heterocycles. The normalized spacial score (nSPS) is 10.2. The predicted octanol–water partition coefficient (Wildman–Crippen LogP) is 2.91. The SMILES string of the molecule is Nc1cc(Cl)ccc1C(=O)NCc1cccs1. The van der Waals surface area contributed by atoms with Gasteiger partial charge in [0.15, 0.2) is 0 Å². The van der Waals surface area contributed by atoms with Gasteiger partial charge in [-0.05, 0) is 29.6 Å². The molecule has 5 heteroatoms. The van der Waals surface area contributed by atoms with Gasteiger partial charge in [0, 0.05) is 15.6 Å². The molecule has 2 aromatic rings. The summed E-state index contributed by atoms with van der Waals surface area (Å²) < 4.78 is 0. The molecule has 0 aliphatic carbocycles. The van der Waals surface area contributed by atoms with Crippen molar-refractivity contribution in [3.05, 3.63) is 51.2 Å². The van der Waals surface area contributed by atoms with Crippen molar-refractivity contribution in [2.75, 3.05) is 5.73 Å². The number of halogens is 1. The number of carbonyl (C=O) groups excluding carboxylic acids is 1. The molecule has 2 rings (SSSR count). The number of thiophene rings is 1. The number of anilines is 1. The maximum absolute atomic E-state index is 11.8. The first kappa shape index (κ1) is 12.0. The van der Waals surface area contributed by atoms with E-state index in [0.717, 1.165) is 4.88 Å². The van der Waals surface area contributed by atoms with E-state index in [1.165, 1.54) is 0 Å². The van der Waals surface area contributed by atoms with Crippen LogP contribution in [-0.2, 0) is 6.54 Å². The van der Waals surface area contributed by atoms with E-state index in [2.05, 4.69) is 5.32 Å². The van der Waals surface area contributed by atoms with Crippen molar-refractivity contribution in [3.63, 3.8) is 0 Å². The minimum absolute atomic E-state index is 0.187. The smallest absolute Gasteiger partial charge is 0.253 e. The summed E-state index contributed by atoms with van der Waals surface area (Å²) in [5.41, 5.74) is 6.57. The predicted molar refractivity (Wildman–Crippen MR) is 71.4 cm³/mol. The molecule has 1 amide bonds. The number of carbonyl (C=O) groups is 1. The lowest BCUT2D eigenvalue weighted by Crippen LogP contribution is -2.23. The lowest BCUT2D eigenvalue weighted by molar-refractivity contribution is 0.0952. The molecule has 0 aliphatic rings. The molecule has 1 heterocycles. The Hall–Kier alpha value is -1.52. The third-order valence-electron chi connectivity index (χ3n) is 2.26. The zero-order valence-electron chi connectivity index (χ0n) is 8.94. The average Bonchev–Trinajstić information content (AvgIpc) is 2.78. The van der Waals surface area contributed by atoms with Crippen LogP contribution in [0.2, 0.25) is 5.02 Å². The molecule has 0 fully saturated rings. The molecular formula is C12H11ClN2OS. The molecule has 0 saturated carbocycles. The summed E-state index contributed by atoms with van der Waals surface area (Å²) >= 11 is 7.37. The second kappa shape index (κ2) is 5.21. The number of rotatable bonds is 3. The second-order valence-electron chi connectivity index (χ2n) is 3.49. The van der Waals surface area contributed by atoms with E-state index in [9.17, 15) is 4.79 Å². The van der Waals surface area contributed by atoms with Crippen LogP contribution in [0.1, 0.15) is 15.2 Å². The molecule has 0 spiro atoms. The zero-order chi connectivity index (χ0) is 12.3. The third-order valence-corrected chi connectivity index (χ3v) is 3.37. The molecule has 0 radical (unpaired) electrons. The maximum atomic E-state index is 11.8. The third kappa shape index (κ3) is 2.99. The van der Waals surface area contributed by atoms with E-state index in [4.69, 9.17) is 17.3 Å². The average molecular weight is 267 g/mol. The van der Waals surface area contributed by atoms with E-state index in [1.807, 2.05) is 17.5 Å². The van der Waals surface area contributed by atoms with Crippen LogP contribution < -0.4 is 11.1 Å². The fourth-order valence-corrected chi connectivity index (χ4v) is 2.24. The number of hydrogen-bond donors (Lipinski definition) is 2. The Morgan fingerprint density at radius 1 is 1.41 bits per heavy atom. The first-order valence-corrected chi connectivity index (χ1v) is 6.28. The van der Waals surface area contributed by atoms with Gasteiger partial charge in [-0.15, -0.1) is 11.3 Å². The molecule has 0 saturated heterocycles. The lowest BCUT2D eigenvalue weighted by atomic mass is 10.1. The van der Waals surface area contributed by atoms with Gasteiger partial charge in [0.2, 0.25) is 0 Å². The van der Waals surface area contributed by atoms with Crippen molar-refractivity contribution in [2.24, 2.45) is 0 Å². The van der Waals surface area contributed by atoms with E-state index >= 15 is 0 Å². The summed E-state index contributed by atoms with van der Waals surface area (Å²) in [5.74, 6) is -0.187. The number of nitrogen functional groups attached to an aromatic ring is 1. The van der Waals surface area contributed by atoms with E-state index < -0.39 is 0 Å². The van der Waals surface area contributed by atoms with Crippen LogP contribution in [0.15, 0.2) is 35.7 Å². The van der Waals surface area contributed by atoms with Gasteiger partial charge >= 0.3 is 0 Å². The van der Waals surface area contributed by atoms with Crippen molar-refractivity contribution < 1.29 is 4.79 Å². The molecule has 1 aromatic heterocycles. The Morgan fingerprint density at radius 3 is 2.88 bits per heavy atom. The largest absolute Gasteiger partial charge is 0.398 e. The minimum Gasteiger partial charge on any atom is -0.398 e. The second-order valence-corrected chi connectivity index (χ2v) is 4.96. The number of hydrogen-bond acceptors (Lipinski definition) is 3. The lowest BCUT2D eigenvalue weighted by Gasteiger charge is -2.06. The molecule has 17 heavy (non-hydrogen) atoms. The van der Waals surface area contributed by atoms with E-state index in [1.54, 1.807) is 29.5 Å². The molecule has 0 bridgehead atoms. The van der Waals surface area contributed by atoms with Crippen molar-refractivity contribution in [1.29, 1.82) is 0 Å². The van der Waals surface area contributed by atoms with Crippen molar-refractivity contribution in [1.82, 2.24) is 5.32 Å². The summed E-state index contributed by atoms with van der Waals surface area (Å²) in [6.45, 7) is 0.512. The number of benzene rings is 1. The summed E-state index contributed by atoms with van der Waals surface area (Å²) in [6.07, 6.45) is 0. The number of nitrogens with two attached hydrogens (primary N) is 1. The maximum Gasteiger partial charge on any atom is 0.253 e. The Kier molecular flexibility index (Phi) is 3.66. The molecule has 1 aromatic carbocycles. The topological polar surface area (TPSA) is 55.1 Å².